The molecule has 2 aliphatic rings. The second kappa shape index (κ2) is 4.33. The summed E-state index contributed by atoms with van der Waals surface area (Å²) in [6.07, 6.45) is 1.01. The highest BCUT2D eigenvalue weighted by Gasteiger charge is 2.33. The van der Waals surface area contributed by atoms with Crippen LogP contribution < -0.4 is 15.0 Å². The van der Waals surface area contributed by atoms with Crippen molar-refractivity contribution in [1.29, 1.82) is 0 Å². The molecule has 1 unspecified atom stereocenters. The third-order valence-corrected chi connectivity index (χ3v) is 3.29. The van der Waals surface area contributed by atoms with Gasteiger partial charge in [0.15, 0.2) is 0 Å². The maximum atomic E-state index is 12.4. The molecule has 0 radical (unpaired) electrons. The Labute approximate surface area is 105 Å². The largest absolute Gasteiger partial charge is 0.490 e. The number of rotatable bonds is 1. The van der Waals surface area contributed by atoms with Gasteiger partial charge in [-0.3, -0.25) is 9.59 Å². The van der Waals surface area contributed by atoms with Crippen molar-refractivity contribution in [2.24, 2.45) is 0 Å². The number of hydrogen-bond acceptors (Lipinski definition) is 3. The summed E-state index contributed by atoms with van der Waals surface area (Å²) in [5.41, 5.74) is 0.787. The standard InChI is InChI=1S/C13H14N2O3/c16-12-6-5-9(14-12)13(17)15-7-8-18-11-4-2-1-3-10(11)15/h1-4,9H,5-8H2,(H,14,16). The third-order valence-electron chi connectivity index (χ3n) is 3.29. The highest BCUT2D eigenvalue weighted by atomic mass is 16.5. The molecule has 1 saturated heterocycles. The van der Waals surface area contributed by atoms with Crippen LogP contribution in [0.5, 0.6) is 5.75 Å². The van der Waals surface area contributed by atoms with Crippen LogP contribution in [0.4, 0.5) is 5.69 Å². The fourth-order valence-electron chi connectivity index (χ4n) is 2.39. The van der Waals surface area contributed by atoms with Gasteiger partial charge in [0, 0.05) is 6.42 Å². The average Bonchev–Trinajstić information content (AvgIpc) is 2.84. The summed E-state index contributed by atoms with van der Waals surface area (Å²) in [6, 6.07) is 7.08. The molecule has 1 aromatic rings. The van der Waals surface area contributed by atoms with E-state index in [-0.39, 0.29) is 17.9 Å². The smallest absolute Gasteiger partial charge is 0.249 e. The summed E-state index contributed by atoms with van der Waals surface area (Å²) in [5, 5.41) is 2.71. The zero-order chi connectivity index (χ0) is 12.5. The van der Waals surface area contributed by atoms with E-state index in [2.05, 4.69) is 5.32 Å². The van der Waals surface area contributed by atoms with E-state index in [0.717, 1.165) is 11.4 Å². The van der Waals surface area contributed by atoms with Crippen LogP contribution in [-0.4, -0.2) is 31.0 Å². The number of ether oxygens (including phenoxy) is 1. The summed E-state index contributed by atoms with van der Waals surface area (Å²) in [6.45, 7) is 1.02. The van der Waals surface area contributed by atoms with Gasteiger partial charge < -0.3 is 15.0 Å². The number of anilines is 1. The van der Waals surface area contributed by atoms with Gasteiger partial charge in [0.05, 0.1) is 12.2 Å². The van der Waals surface area contributed by atoms with Crippen molar-refractivity contribution >= 4 is 17.5 Å². The van der Waals surface area contributed by atoms with Crippen LogP contribution in [0.1, 0.15) is 12.8 Å². The predicted octanol–water partition coefficient (Wildman–Crippen LogP) is 0.691. The molecule has 0 bridgehead atoms. The lowest BCUT2D eigenvalue weighted by molar-refractivity contribution is -0.124. The molecule has 5 nitrogen and oxygen atoms in total. The second-order valence-electron chi connectivity index (χ2n) is 4.46. The number of hydrogen-bond donors (Lipinski definition) is 1. The first-order valence-electron chi connectivity index (χ1n) is 6.08. The molecule has 3 rings (SSSR count). The lowest BCUT2D eigenvalue weighted by Crippen LogP contribution is -2.47. The van der Waals surface area contributed by atoms with Crippen LogP contribution >= 0.6 is 0 Å². The summed E-state index contributed by atoms with van der Waals surface area (Å²) in [7, 11) is 0. The lowest BCUT2D eigenvalue weighted by Gasteiger charge is -2.31. The van der Waals surface area contributed by atoms with Crippen molar-refractivity contribution in [3.05, 3.63) is 24.3 Å². The first-order valence-corrected chi connectivity index (χ1v) is 6.08. The Hall–Kier alpha value is -2.04. The maximum absolute atomic E-state index is 12.4. The van der Waals surface area contributed by atoms with E-state index in [0.29, 0.717) is 26.0 Å². The summed E-state index contributed by atoms with van der Waals surface area (Å²) < 4.78 is 5.51. The minimum Gasteiger partial charge on any atom is -0.490 e. The van der Waals surface area contributed by atoms with E-state index in [1.54, 1.807) is 4.90 Å². The third kappa shape index (κ3) is 1.81. The normalized spacial score (nSPS) is 22.1. The highest BCUT2D eigenvalue weighted by Crippen LogP contribution is 2.31. The van der Waals surface area contributed by atoms with Crippen molar-refractivity contribution in [2.45, 2.75) is 18.9 Å². The number of nitrogens with one attached hydrogen (secondary N) is 1. The molecule has 1 aromatic carbocycles. The van der Waals surface area contributed by atoms with Crippen molar-refractivity contribution < 1.29 is 14.3 Å². The van der Waals surface area contributed by atoms with Gasteiger partial charge in [-0.25, -0.2) is 0 Å². The molecule has 94 valence electrons. The van der Waals surface area contributed by atoms with Gasteiger partial charge in [-0.2, -0.15) is 0 Å². The van der Waals surface area contributed by atoms with Crippen molar-refractivity contribution in [1.82, 2.24) is 5.32 Å². The van der Waals surface area contributed by atoms with Crippen LogP contribution in [0.25, 0.3) is 0 Å². The molecule has 0 spiro atoms. The van der Waals surface area contributed by atoms with Crippen LogP contribution in [0.3, 0.4) is 0 Å². The Morgan fingerprint density at radius 3 is 3.00 bits per heavy atom. The van der Waals surface area contributed by atoms with Crippen molar-refractivity contribution in [3.63, 3.8) is 0 Å². The molecule has 1 fully saturated rings. The van der Waals surface area contributed by atoms with E-state index in [4.69, 9.17) is 4.74 Å². The van der Waals surface area contributed by atoms with Gasteiger partial charge in [-0.1, -0.05) is 12.1 Å². The van der Waals surface area contributed by atoms with E-state index in [1.807, 2.05) is 24.3 Å². The number of carbonyl (C=O) groups is 2. The summed E-state index contributed by atoms with van der Waals surface area (Å²) in [5.74, 6) is 0.632. The lowest BCUT2D eigenvalue weighted by atomic mass is 10.1. The fourth-order valence-corrected chi connectivity index (χ4v) is 2.39. The Morgan fingerprint density at radius 1 is 1.39 bits per heavy atom. The van der Waals surface area contributed by atoms with Gasteiger partial charge >= 0.3 is 0 Å². The predicted molar refractivity (Wildman–Crippen MR) is 65.5 cm³/mol. The molecule has 2 aliphatic heterocycles. The Bertz CT molecular complexity index is 501. The van der Waals surface area contributed by atoms with Crippen LogP contribution in [0, 0.1) is 0 Å². The van der Waals surface area contributed by atoms with E-state index in [1.165, 1.54) is 0 Å². The molecular weight excluding hydrogens is 232 g/mol. The SMILES string of the molecule is O=C1CCC(C(=O)N2CCOc3ccccc32)N1. The van der Waals surface area contributed by atoms with E-state index >= 15 is 0 Å². The fraction of sp³-hybridized carbons (Fsp3) is 0.385. The quantitative estimate of drug-likeness (QED) is 0.793. The van der Waals surface area contributed by atoms with Gasteiger partial charge in [0.2, 0.25) is 11.8 Å². The topological polar surface area (TPSA) is 58.6 Å². The molecule has 0 saturated carbocycles. The molecule has 1 N–H and O–H groups in total. The van der Waals surface area contributed by atoms with Gasteiger partial charge in [-0.15, -0.1) is 0 Å². The Balaban J connectivity index is 1.85. The minimum atomic E-state index is -0.386. The minimum absolute atomic E-state index is 0.0448. The van der Waals surface area contributed by atoms with Gasteiger partial charge in [0.1, 0.15) is 18.4 Å². The highest BCUT2D eigenvalue weighted by molar-refractivity contribution is 6.01. The zero-order valence-corrected chi connectivity index (χ0v) is 9.89. The zero-order valence-electron chi connectivity index (χ0n) is 9.89. The summed E-state index contributed by atoms with van der Waals surface area (Å²) >= 11 is 0. The second-order valence-corrected chi connectivity index (χ2v) is 4.46. The number of amides is 2. The van der Waals surface area contributed by atoms with Crippen LogP contribution in [-0.2, 0) is 9.59 Å². The monoisotopic (exact) mass is 246 g/mol. The molecule has 0 aliphatic carbocycles. The Morgan fingerprint density at radius 2 is 2.22 bits per heavy atom. The molecule has 1 atom stereocenters. The molecule has 2 amide bonds. The molecule has 5 heteroatoms. The average molecular weight is 246 g/mol. The maximum Gasteiger partial charge on any atom is 0.249 e. The number of benzene rings is 1. The summed E-state index contributed by atoms with van der Waals surface area (Å²) in [4.78, 5) is 25.2. The van der Waals surface area contributed by atoms with Crippen LogP contribution in [0.15, 0.2) is 24.3 Å². The number of para-hydroxylation sites is 2. The first-order chi connectivity index (χ1) is 8.75. The molecule has 0 aromatic heterocycles. The molecular formula is C13H14N2O3. The Kier molecular flexibility index (Phi) is 2.66. The van der Waals surface area contributed by atoms with Gasteiger partial charge in [0.25, 0.3) is 0 Å². The van der Waals surface area contributed by atoms with E-state index in [9.17, 15) is 9.59 Å². The number of nitrogens with zero attached hydrogens (tertiary/aromatic N) is 1. The van der Waals surface area contributed by atoms with E-state index < -0.39 is 0 Å². The van der Waals surface area contributed by atoms with Crippen molar-refractivity contribution in [3.8, 4) is 5.75 Å². The molecule has 18 heavy (non-hydrogen) atoms. The number of fused-ring (bicyclic) bond motifs is 1. The van der Waals surface area contributed by atoms with Crippen LogP contribution in [0.2, 0.25) is 0 Å². The molecule has 2 heterocycles. The van der Waals surface area contributed by atoms with Crippen molar-refractivity contribution in [2.75, 3.05) is 18.1 Å². The van der Waals surface area contributed by atoms with Gasteiger partial charge in [-0.05, 0) is 18.6 Å². The number of carbonyl (C=O) groups excluding carboxylic acids is 2. The first kappa shape index (κ1) is 11.1.